The Morgan fingerprint density at radius 2 is 2.12 bits per heavy atom. The molecule has 0 heterocycles. The Morgan fingerprint density at radius 1 is 1.31 bits per heavy atom. The molecule has 0 amide bonds. The van der Waals surface area contributed by atoms with Crippen molar-refractivity contribution in [3.8, 4) is 5.75 Å². The molecule has 0 radical (unpaired) electrons. The monoisotopic (exact) mass is 218 g/mol. The van der Waals surface area contributed by atoms with Crippen LogP contribution in [0.25, 0.3) is 0 Å². The maximum atomic E-state index is 11.3. The zero-order valence-electron chi connectivity index (χ0n) is 9.48. The fourth-order valence-corrected chi connectivity index (χ4v) is 2.44. The molecule has 1 aliphatic carbocycles. The van der Waals surface area contributed by atoms with Crippen LogP contribution in [0, 0.1) is 5.92 Å². The van der Waals surface area contributed by atoms with Crippen molar-refractivity contribution in [2.24, 2.45) is 5.92 Å². The highest BCUT2D eigenvalue weighted by atomic mass is 16.3. The number of aromatic hydroxyl groups is 1. The lowest BCUT2D eigenvalue weighted by Gasteiger charge is -2.20. The van der Waals surface area contributed by atoms with Crippen LogP contribution in [0.2, 0.25) is 0 Å². The van der Waals surface area contributed by atoms with Crippen LogP contribution < -0.4 is 0 Å². The lowest BCUT2D eigenvalue weighted by atomic mass is 9.84. The average molecular weight is 218 g/mol. The molecule has 1 aromatic carbocycles. The van der Waals surface area contributed by atoms with Gasteiger partial charge in [-0.1, -0.05) is 18.2 Å². The molecule has 1 aromatic rings. The number of hydrogen-bond donors (Lipinski definition) is 1. The standard InChI is InChI=1S/C14H18O2/c15-13-6-3-4-11(10-13)8-9-12-5-1-2-7-14(12)16/h1-2,5,7,11,16H,3-4,6,8-10H2. The lowest BCUT2D eigenvalue weighted by Crippen LogP contribution is -2.15. The van der Waals surface area contributed by atoms with Gasteiger partial charge in [0, 0.05) is 12.8 Å². The second-order valence-electron chi connectivity index (χ2n) is 4.67. The van der Waals surface area contributed by atoms with E-state index >= 15 is 0 Å². The van der Waals surface area contributed by atoms with E-state index < -0.39 is 0 Å². The predicted octanol–water partition coefficient (Wildman–Crippen LogP) is 3.08. The Balaban J connectivity index is 1.87. The van der Waals surface area contributed by atoms with Crippen molar-refractivity contribution < 1.29 is 9.90 Å². The van der Waals surface area contributed by atoms with Gasteiger partial charge >= 0.3 is 0 Å². The van der Waals surface area contributed by atoms with Crippen LogP contribution in [-0.2, 0) is 11.2 Å². The van der Waals surface area contributed by atoms with Crippen molar-refractivity contribution in [3.63, 3.8) is 0 Å². The first-order chi connectivity index (χ1) is 7.75. The van der Waals surface area contributed by atoms with E-state index in [1.54, 1.807) is 6.07 Å². The van der Waals surface area contributed by atoms with Crippen LogP contribution in [0.1, 0.15) is 37.7 Å². The summed E-state index contributed by atoms with van der Waals surface area (Å²) in [6, 6.07) is 7.46. The summed E-state index contributed by atoms with van der Waals surface area (Å²) in [7, 11) is 0. The van der Waals surface area contributed by atoms with Gasteiger partial charge < -0.3 is 5.11 Å². The summed E-state index contributed by atoms with van der Waals surface area (Å²) in [5.74, 6) is 1.32. The molecule has 1 atom stereocenters. The number of carbonyl (C=O) groups is 1. The number of ketones is 1. The Bertz CT molecular complexity index is 371. The van der Waals surface area contributed by atoms with Crippen molar-refractivity contribution in [1.29, 1.82) is 0 Å². The van der Waals surface area contributed by atoms with E-state index in [1.807, 2.05) is 18.2 Å². The molecule has 1 N–H and O–H groups in total. The minimum absolute atomic E-state index is 0.379. The van der Waals surface area contributed by atoms with Gasteiger partial charge in [-0.25, -0.2) is 0 Å². The normalized spacial score (nSPS) is 21.0. The molecule has 2 heteroatoms. The number of benzene rings is 1. The third kappa shape index (κ3) is 2.84. The van der Waals surface area contributed by atoms with Gasteiger partial charge in [0.1, 0.15) is 11.5 Å². The summed E-state index contributed by atoms with van der Waals surface area (Å²) in [6.07, 6.45) is 5.62. The van der Waals surface area contributed by atoms with Crippen LogP contribution in [0.4, 0.5) is 0 Å². The fraction of sp³-hybridized carbons (Fsp3) is 0.500. The van der Waals surface area contributed by atoms with Crippen LogP contribution >= 0.6 is 0 Å². The van der Waals surface area contributed by atoms with Crippen molar-refractivity contribution >= 4 is 5.78 Å². The number of Topliss-reactive ketones (excluding diaryl/α,β-unsaturated/α-hetero) is 1. The second-order valence-corrected chi connectivity index (χ2v) is 4.67. The second kappa shape index (κ2) is 5.15. The molecule has 1 saturated carbocycles. The average Bonchev–Trinajstić information content (AvgIpc) is 2.28. The molecule has 2 rings (SSSR count). The predicted molar refractivity (Wildman–Crippen MR) is 63.4 cm³/mol. The Kier molecular flexibility index (Phi) is 3.60. The maximum Gasteiger partial charge on any atom is 0.133 e. The summed E-state index contributed by atoms with van der Waals surface area (Å²) < 4.78 is 0. The zero-order valence-corrected chi connectivity index (χ0v) is 9.48. The molecule has 0 aliphatic heterocycles. The van der Waals surface area contributed by atoms with Gasteiger partial charge in [0.2, 0.25) is 0 Å². The fourth-order valence-electron chi connectivity index (χ4n) is 2.44. The summed E-state index contributed by atoms with van der Waals surface area (Å²) in [5.41, 5.74) is 1.00. The lowest BCUT2D eigenvalue weighted by molar-refractivity contribution is -0.121. The number of phenolic OH excluding ortho intramolecular Hbond substituents is 1. The quantitative estimate of drug-likeness (QED) is 0.846. The van der Waals surface area contributed by atoms with Gasteiger partial charge in [-0.3, -0.25) is 4.79 Å². The van der Waals surface area contributed by atoms with Crippen LogP contribution in [0.5, 0.6) is 5.75 Å². The van der Waals surface area contributed by atoms with Crippen molar-refractivity contribution in [2.45, 2.75) is 38.5 Å². The Labute approximate surface area is 96.3 Å². The van der Waals surface area contributed by atoms with Crippen molar-refractivity contribution in [3.05, 3.63) is 29.8 Å². The highest BCUT2D eigenvalue weighted by Gasteiger charge is 2.19. The topological polar surface area (TPSA) is 37.3 Å². The maximum absolute atomic E-state index is 11.3. The molecule has 1 aliphatic rings. The van der Waals surface area contributed by atoms with Gasteiger partial charge in [-0.05, 0) is 43.2 Å². The zero-order chi connectivity index (χ0) is 11.4. The van der Waals surface area contributed by atoms with E-state index in [0.717, 1.165) is 37.7 Å². The summed E-state index contributed by atoms with van der Waals surface area (Å²) in [5, 5.41) is 9.63. The van der Waals surface area contributed by atoms with E-state index in [1.165, 1.54) is 6.42 Å². The van der Waals surface area contributed by atoms with E-state index in [-0.39, 0.29) is 0 Å². The summed E-state index contributed by atoms with van der Waals surface area (Å²) in [4.78, 5) is 11.3. The van der Waals surface area contributed by atoms with Crippen LogP contribution in [0.15, 0.2) is 24.3 Å². The van der Waals surface area contributed by atoms with Gasteiger partial charge in [0.15, 0.2) is 0 Å². The summed E-state index contributed by atoms with van der Waals surface area (Å²) in [6.45, 7) is 0. The molecular weight excluding hydrogens is 200 g/mol. The van der Waals surface area contributed by atoms with E-state index in [9.17, 15) is 9.90 Å². The van der Waals surface area contributed by atoms with Crippen LogP contribution in [0.3, 0.4) is 0 Å². The number of rotatable bonds is 3. The number of carbonyl (C=O) groups excluding carboxylic acids is 1. The minimum atomic E-state index is 0.379. The Morgan fingerprint density at radius 3 is 2.88 bits per heavy atom. The molecule has 1 fully saturated rings. The first-order valence-electron chi connectivity index (χ1n) is 6.04. The first-order valence-corrected chi connectivity index (χ1v) is 6.04. The molecule has 0 aromatic heterocycles. The van der Waals surface area contributed by atoms with E-state index in [2.05, 4.69) is 0 Å². The smallest absolute Gasteiger partial charge is 0.133 e. The SMILES string of the molecule is O=C1CCCC(CCc2ccccc2O)C1. The van der Waals surface area contributed by atoms with E-state index in [4.69, 9.17) is 0 Å². The molecule has 86 valence electrons. The van der Waals surface area contributed by atoms with Crippen LogP contribution in [-0.4, -0.2) is 10.9 Å². The van der Waals surface area contributed by atoms with Gasteiger partial charge in [0.25, 0.3) is 0 Å². The number of aryl methyl sites for hydroxylation is 1. The molecule has 0 bridgehead atoms. The highest BCUT2D eigenvalue weighted by molar-refractivity contribution is 5.79. The van der Waals surface area contributed by atoms with E-state index in [0.29, 0.717) is 17.5 Å². The Hall–Kier alpha value is -1.31. The largest absolute Gasteiger partial charge is 0.508 e. The molecular formula is C14H18O2. The van der Waals surface area contributed by atoms with Crippen molar-refractivity contribution in [2.75, 3.05) is 0 Å². The van der Waals surface area contributed by atoms with Gasteiger partial charge in [-0.15, -0.1) is 0 Å². The summed E-state index contributed by atoms with van der Waals surface area (Å²) >= 11 is 0. The number of para-hydroxylation sites is 1. The first kappa shape index (κ1) is 11.2. The minimum Gasteiger partial charge on any atom is -0.508 e. The third-order valence-electron chi connectivity index (χ3n) is 3.40. The number of phenols is 1. The molecule has 16 heavy (non-hydrogen) atoms. The van der Waals surface area contributed by atoms with Gasteiger partial charge in [-0.2, -0.15) is 0 Å². The van der Waals surface area contributed by atoms with Crippen molar-refractivity contribution in [1.82, 2.24) is 0 Å². The molecule has 0 saturated heterocycles. The molecule has 0 spiro atoms. The molecule has 2 nitrogen and oxygen atoms in total. The number of hydrogen-bond acceptors (Lipinski definition) is 2. The molecule has 1 unspecified atom stereocenters. The van der Waals surface area contributed by atoms with Gasteiger partial charge in [0.05, 0.1) is 0 Å². The highest BCUT2D eigenvalue weighted by Crippen LogP contribution is 2.27. The third-order valence-corrected chi connectivity index (χ3v) is 3.40.